The van der Waals surface area contributed by atoms with Gasteiger partial charge in [0.15, 0.2) is 0 Å². The molecule has 2 N–H and O–H groups in total. The summed E-state index contributed by atoms with van der Waals surface area (Å²) in [6.07, 6.45) is 1.56. The van der Waals surface area contributed by atoms with Gasteiger partial charge in [-0.15, -0.1) is 0 Å². The van der Waals surface area contributed by atoms with Gasteiger partial charge in [0, 0.05) is 5.56 Å². The normalized spacial score (nSPS) is 12.0. The summed E-state index contributed by atoms with van der Waals surface area (Å²) in [5.41, 5.74) is 1.46. The summed E-state index contributed by atoms with van der Waals surface area (Å²) in [4.78, 5) is 24.8. The molecule has 0 spiro atoms. The molecule has 0 aliphatic heterocycles. The Bertz CT molecular complexity index is 663. The molecule has 0 fully saturated rings. The summed E-state index contributed by atoms with van der Waals surface area (Å²) < 4.78 is 5.19. The van der Waals surface area contributed by atoms with Crippen molar-refractivity contribution in [1.29, 1.82) is 0 Å². The first-order chi connectivity index (χ1) is 11.0. The van der Waals surface area contributed by atoms with Crippen LogP contribution in [0.3, 0.4) is 0 Å². The van der Waals surface area contributed by atoms with Crippen LogP contribution in [0, 0.1) is 12.8 Å². The average Bonchev–Trinajstić information content (AvgIpc) is 3.03. The number of aryl methyl sites for hydroxylation is 1. The molecule has 0 saturated heterocycles. The molecule has 122 valence electrons. The van der Waals surface area contributed by atoms with Gasteiger partial charge in [0.05, 0.1) is 12.8 Å². The van der Waals surface area contributed by atoms with E-state index in [2.05, 4.69) is 10.6 Å². The van der Waals surface area contributed by atoms with E-state index in [4.69, 9.17) is 4.42 Å². The number of rotatable bonds is 6. The van der Waals surface area contributed by atoms with Crippen LogP contribution in [0.15, 0.2) is 47.1 Å². The number of benzene rings is 1. The molecule has 1 aromatic carbocycles. The lowest BCUT2D eigenvalue weighted by Crippen LogP contribution is -2.49. The molecule has 1 heterocycles. The minimum absolute atomic E-state index is 0.0282. The highest BCUT2D eigenvalue weighted by Crippen LogP contribution is 2.09. The van der Waals surface area contributed by atoms with Gasteiger partial charge in [0.2, 0.25) is 5.91 Å². The lowest BCUT2D eigenvalue weighted by atomic mass is 10.0. The Morgan fingerprint density at radius 1 is 1.13 bits per heavy atom. The molecule has 0 aliphatic rings. The van der Waals surface area contributed by atoms with Crippen molar-refractivity contribution in [3.8, 4) is 0 Å². The van der Waals surface area contributed by atoms with Gasteiger partial charge in [-0.3, -0.25) is 9.59 Å². The predicted molar refractivity (Wildman–Crippen MR) is 87.8 cm³/mol. The minimum Gasteiger partial charge on any atom is -0.467 e. The maximum Gasteiger partial charge on any atom is 0.252 e. The fraction of sp³-hybridized carbons (Fsp3) is 0.333. The van der Waals surface area contributed by atoms with Gasteiger partial charge < -0.3 is 15.1 Å². The minimum atomic E-state index is -0.600. The van der Waals surface area contributed by atoms with E-state index >= 15 is 0 Å². The smallest absolute Gasteiger partial charge is 0.252 e. The maximum atomic E-state index is 12.4. The number of furan rings is 1. The van der Waals surface area contributed by atoms with Crippen molar-refractivity contribution in [3.63, 3.8) is 0 Å². The Labute approximate surface area is 136 Å². The highest BCUT2D eigenvalue weighted by Gasteiger charge is 2.25. The lowest BCUT2D eigenvalue weighted by Gasteiger charge is -2.22. The first-order valence-corrected chi connectivity index (χ1v) is 7.65. The summed E-state index contributed by atoms with van der Waals surface area (Å²) in [6.45, 7) is 5.97. The van der Waals surface area contributed by atoms with E-state index in [1.165, 1.54) is 0 Å². The highest BCUT2D eigenvalue weighted by molar-refractivity contribution is 5.98. The molecular weight excluding hydrogens is 292 g/mol. The van der Waals surface area contributed by atoms with Crippen LogP contribution < -0.4 is 10.6 Å². The Balaban J connectivity index is 2.02. The van der Waals surface area contributed by atoms with Crippen molar-refractivity contribution >= 4 is 11.8 Å². The number of carbonyl (C=O) groups is 2. The SMILES string of the molecule is Cc1ccccc1C(=O)N[C@H](C(=O)NCc1ccco1)C(C)C. The zero-order valence-electron chi connectivity index (χ0n) is 13.6. The van der Waals surface area contributed by atoms with Gasteiger partial charge in [0.25, 0.3) is 5.91 Å². The predicted octanol–water partition coefficient (Wildman–Crippen LogP) is 2.66. The summed E-state index contributed by atoms with van der Waals surface area (Å²) in [6, 6.07) is 10.3. The van der Waals surface area contributed by atoms with Crippen molar-refractivity contribution < 1.29 is 14.0 Å². The Hall–Kier alpha value is -2.56. The molecule has 0 saturated carbocycles. The van der Waals surface area contributed by atoms with E-state index in [1.807, 2.05) is 39.0 Å². The van der Waals surface area contributed by atoms with Crippen molar-refractivity contribution in [3.05, 3.63) is 59.5 Å². The molecular formula is C18H22N2O3. The van der Waals surface area contributed by atoms with Crippen molar-refractivity contribution in [1.82, 2.24) is 10.6 Å². The fourth-order valence-corrected chi connectivity index (χ4v) is 2.28. The second kappa shape index (κ2) is 7.63. The van der Waals surface area contributed by atoms with Gasteiger partial charge in [-0.05, 0) is 36.6 Å². The quantitative estimate of drug-likeness (QED) is 0.861. The summed E-state index contributed by atoms with van der Waals surface area (Å²) in [5, 5.41) is 5.61. The lowest BCUT2D eigenvalue weighted by molar-refractivity contribution is -0.124. The van der Waals surface area contributed by atoms with E-state index in [0.29, 0.717) is 17.9 Å². The zero-order chi connectivity index (χ0) is 16.8. The molecule has 1 aromatic heterocycles. The van der Waals surface area contributed by atoms with Crippen molar-refractivity contribution in [2.75, 3.05) is 0 Å². The molecule has 0 unspecified atom stereocenters. The van der Waals surface area contributed by atoms with Crippen LogP contribution >= 0.6 is 0 Å². The topological polar surface area (TPSA) is 71.3 Å². The molecule has 0 radical (unpaired) electrons. The first-order valence-electron chi connectivity index (χ1n) is 7.65. The third kappa shape index (κ3) is 4.45. The standard InChI is InChI=1S/C18H22N2O3/c1-12(2)16(18(22)19-11-14-8-6-10-23-14)20-17(21)15-9-5-4-7-13(15)3/h4-10,12,16H,11H2,1-3H3,(H,19,22)(H,20,21)/t16-/m0/s1. The number of hydrogen-bond donors (Lipinski definition) is 2. The third-order valence-electron chi connectivity index (χ3n) is 3.64. The second-order valence-electron chi connectivity index (χ2n) is 5.81. The Morgan fingerprint density at radius 3 is 2.48 bits per heavy atom. The highest BCUT2D eigenvalue weighted by atomic mass is 16.3. The van der Waals surface area contributed by atoms with Crippen LogP contribution in [0.5, 0.6) is 0 Å². The molecule has 1 atom stereocenters. The molecule has 5 nitrogen and oxygen atoms in total. The molecule has 23 heavy (non-hydrogen) atoms. The van der Waals surface area contributed by atoms with Gasteiger partial charge >= 0.3 is 0 Å². The Kier molecular flexibility index (Phi) is 5.57. The average molecular weight is 314 g/mol. The molecule has 2 aromatic rings. The first kappa shape index (κ1) is 16.8. The van der Waals surface area contributed by atoms with E-state index in [0.717, 1.165) is 5.56 Å². The molecule has 2 amide bonds. The molecule has 2 rings (SSSR count). The van der Waals surface area contributed by atoms with Gasteiger partial charge in [-0.25, -0.2) is 0 Å². The van der Waals surface area contributed by atoms with Gasteiger partial charge in [-0.1, -0.05) is 32.0 Å². The van der Waals surface area contributed by atoms with Crippen LogP contribution in [0.2, 0.25) is 0 Å². The van der Waals surface area contributed by atoms with Crippen LogP contribution in [0.25, 0.3) is 0 Å². The van der Waals surface area contributed by atoms with E-state index in [-0.39, 0.29) is 17.7 Å². The van der Waals surface area contributed by atoms with Crippen LogP contribution in [0.1, 0.15) is 35.5 Å². The van der Waals surface area contributed by atoms with E-state index in [9.17, 15) is 9.59 Å². The molecule has 0 aliphatic carbocycles. The fourth-order valence-electron chi connectivity index (χ4n) is 2.28. The van der Waals surface area contributed by atoms with Gasteiger partial charge in [-0.2, -0.15) is 0 Å². The van der Waals surface area contributed by atoms with Crippen LogP contribution in [-0.2, 0) is 11.3 Å². The van der Waals surface area contributed by atoms with Crippen LogP contribution in [-0.4, -0.2) is 17.9 Å². The molecule has 0 bridgehead atoms. The number of carbonyl (C=O) groups excluding carboxylic acids is 2. The monoisotopic (exact) mass is 314 g/mol. The molecule has 5 heteroatoms. The van der Waals surface area contributed by atoms with Crippen LogP contribution in [0.4, 0.5) is 0 Å². The summed E-state index contributed by atoms with van der Waals surface area (Å²) >= 11 is 0. The number of hydrogen-bond acceptors (Lipinski definition) is 3. The maximum absolute atomic E-state index is 12.4. The van der Waals surface area contributed by atoms with Crippen molar-refractivity contribution in [2.45, 2.75) is 33.4 Å². The number of amides is 2. The summed E-state index contributed by atoms with van der Waals surface area (Å²) in [7, 11) is 0. The van der Waals surface area contributed by atoms with Crippen molar-refractivity contribution in [2.24, 2.45) is 5.92 Å². The third-order valence-corrected chi connectivity index (χ3v) is 3.64. The van der Waals surface area contributed by atoms with E-state index in [1.54, 1.807) is 24.5 Å². The summed E-state index contributed by atoms with van der Waals surface area (Å²) in [5.74, 6) is 0.180. The zero-order valence-corrected chi connectivity index (χ0v) is 13.6. The largest absolute Gasteiger partial charge is 0.467 e. The number of nitrogens with one attached hydrogen (secondary N) is 2. The second-order valence-corrected chi connectivity index (χ2v) is 5.81. The van der Waals surface area contributed by atoms with E-state index < -0.39 is 6.04 Å². The van der Waals surface area contributed by atoms with Gasteiger partial charge in [0.1, 0.15) is 11.8 Å². The Morgan fingerprint density at radius 2 is 1.87 bits per heavy atom.